The van der Waals surface area contributed by atoms with Crippen molar-refractivity contribution < 1.29 is 18.0 Å². The second-order valence-electron chi connectivity index (χ2n) is 7.12. The molecule has 168 valence electrons. The van der Waals surface area contributed by atoms with E-state index in [4.69, 9.17) is 0 Å². The second kappa shape index (κ2) is 8.69. The van der Waals surface area contributed by atoms with Gasteiger partial charge in [0, 0.05) is 24.3 Å². The van der Waals surface area contributed by atoms with Crippen LogP contribution in [0.3, 0.4) is 0 Å². The summed E-state index contributed by atoms with van der Waals surface area (Å²) in [6.07, 6.45) is -0.0345. The summed E-state index contributed by atoms with van der Waals surface area (Å²) in [6.45, 7) is -0.548. The lowest BCUT2D eigenvalue weighted by atomic mass is 10.2. The molecule has 1 amide bonds. The molecule has 0 unspecified atom stereocenters. The molecule has 1 aromatic carbocycles. The van der Waals surface area contributed by atoms with Crippen molar-refractivity contribution in [1.29, 1.82) is 0 Å². The standard InChI is InChI=1S/C22H16F3N5O3/c23-22(24,25)15-5-7-16(8-6-15)28-18(31)13-29-17-4-2-10-27-19(17)20(32)30(21(29)33)12-14-3-1-9-26-11-14/h1-11H,12-13H2,(H,28,31). The van der Waals surface area contributed by atoms with Gasteiger partial charge in [0.2, 0.25) is 5.91 Å². The lowest BCUT2D eigenvalue weighted by Crippen LogP contribution is -2.42. The molecule has 0 radical (unpaired) electrons. The monoisotopic (exact) mass is 455 g/mol. The SMILES string of the molecule is O=C(Cn1c(=O)n(Cc2cccnc2)c(=O)c2ncccc21)Nc1ccc(C(F)(F)F)cc1. The Labute approximate surface area is 184 Å². The number of carbonyl (C=O) groups is 1. The van der Waals surface area contributed by atoms with Crippen LogP contribution in [-0.4, -0.2) is 25.0 Å². The summed E-state index contributed by atoms with van der Waals surface area (Å²) < 4.78 is 40.2. The van der Waals surface area contributed by atoms with Crippen LogP contribution in [0, 0.1) is 0 Å². The lowest BCUT2D eigenvalue weighted by molar-refractivity contribution is -0.137. The van der Waals surface area contributed by atoms with E-state index in [-0.39, 0.29) is 23.3 Å². The van der Waals surface area contributed by atoms with Crippen LogP contribution in [0.25, 0.3) is 11.0 Å². The number of hydrogen-bond acceptors (Lipinski definition) is 5. The largest absolute Gasteiger partial charge is 0.416 e. The molecule has 0 bridgehead atoms. The Morgan fingerprint density at radius 3 is 2.36 bits per heavy atom. The predicted octanol–water partition coefficient (Wildman–Crippen LogP) is 2.66. The molecule has 3 aromatic heterocycles. The molecule has 0 aliphatic heterocycles. The van der Waals surface area contributed by atoms with Crippen LogP contribution in [0.2, 0.25) is 0 Å². The number of amides is 1. The highest BCUT2D eigenvalue weighted by Gasteiger charge is 2.30. The minimum Gasteiger partial charge on any atom is -0.325 e. The molecule has 8 nitrogen and oxygen atoms in total. The van der Waals surface area contributed by atoms with Crippen molar-refractivity contribution in [3.63, 3.8) is 0 Å². The van der Waals surface area contributed by atoms with Gasteiger partial charge < -0.3 is 5.32 Å². The smallest absolute Gasteiger partial charge is 0.325 e. The Morgan fingerprint density at radius 2 is 1.70 bits per heavy atom. The molecule has 11 heteroatoms. The van der Waals surface area contributed by atoms with Gasteiger partial charge in [0.05, 0.1) is 17.6 Å². The number of pyridine rings is 2. The summed E-state index contributed by atoms with van der Waals surface area (Å²) in [6, 6.07) is 10.3. The molecule has 0 atom stereocenters. The zero-order valence-electron chi connectivity index (χ0n) is 16.9. The van der Waals surface area contributed by atoms with Crippen molar-refractivity contribution in [3.05, 3.63) is 99.1 Å². The van der Waals surface area contributed by atoms with Crippen LogP contribution in [0.4, 0.5) is 18.9 Å². The number of aromatic nitrogens is 4. The number of anilines is 1. The Morgan fingerprint density at radius 1 is 0.970 bits per heavy atom. The van der Waals surface area contributed by atoms with Gasteiger partial charge in [-0.1, -0.05) is 6.07 Å². The van der Waals surface area contributed by atoms with Crippen LogP contribution < -0.4 is 16.6 Å². The first-order chi connectivity index (χ1) is 15.7. The predicted molar refractivity (Wildman–Crippen MR) is 114 cm³/mol. The fourth-order valence-corrected chi connectivity index (χ4v) is 3.30. The fraction of sp³-hybridized carbons (Fsp3) is 0.136. The molecule has 0 aliphatic carbocycles. The van der Waals surface area contributed by atoms with Gasteiger partial charge in [0.1, 0.15) is 6.54 Å². The molecule has 3 heterocycles. The molecule has 1 N–H and O–H groups in total. The first-order valence-electron chi connectivity index (χ1n) is 9.68. The zero-order chi connectivity index (χ0) is 23.6. The molecule has 33 heavy (non-hydrogen) atoms. The molecular formula is C22H16F3N5O3. The van der Waals surface area contributed by atoms with Crippen LogP contribution in [0.1, 0.15) is 11.1 Å². The van der Waals surface area contributed by atoms with Gasteiger partial charge in [-0.3, -0.25) is 23.7 Å². The number of carbonyl (C=O) groups excluding carboxylic acids is 1. The summed E-state index contributed by atoms with van der Waals surface area (Å²) in [5.41, 5.74) is -1.29. The maximum absolute atomic E-state index is 13.1. The van der Waals surface area contributed by atoms with Gasteiger partial charge in [-0.2, -0.15) is 13.2 Å². The third-order valence-corrected chi connectivity index (χ3v) is 4.85. The quantitative estimate of drug-likeness (QED) is 0.499. The van der Waals surface area contributed by atoms with Crippen molar-refractivity contribution in [2.24, 2.45) is 0 Å². The van der Waals surface area contributed by atoms with E-state index in [2.05, 4.69) is 15.3 Å². The summed E-state index contributed by atoms with van der Waals surface area (Å²) in [5, 5.41) is 2.46. The Kier molecular flexibility index (Phi) is 5.78. The maximum atomic E-state index is 13.1. The Bertz CT molecular complexity index is 1430. The maximum Gasteiger partial charge on any atom is 0.416 e. The van der Waals surface area contributed by atoms with Crippen LogP contribution in [0.5, 0.6) is 0 Å². The number of benzene rings is 1. The number of nitrogens with one attached hydrogen (secondary N) is 1. The van der Waals surface area contributed by atoms with Crippen LogP contribution in [0.15, 0.2) is 76.7 Å². The minimum absolute atomic E-state index is 0.00307. The van der Waals surface area contributed by atoms with E-state index in [0.29, 0.717) is 5.56 Å². The van der Waals surface area contributed by atoms with E-state index in [9.17, 15) is 27.6 Å². The molecule has 4 rings (SSSR count). The van der Waals surface area contributed by atoms with Gasteiger partial charge in [0.25, 0.3) is 5.56 Å². The van der Waals surface area contributed by atoms with Crippen LogP contribution >= 0.6 is 0 Å². The summed E-state index contributed by atoms with van der Waals surface area (Å²) in [7, 11) is 0. The number of halogens is 3. The van der Waals surface area contributed by atoms with Gasteiger partial charge in [-0.05, 0) is 48.0 Å². The number of rotatable bonds is 5. The molecule has 0 fully saturated rings. The van der Waals surface area contributed by atoms with Gasteiger partial charge in [0.15, 0.2) is 5.52 Å². The van der Waals surface area contributed by atoms with Crippen molar-refractivity contribution in [3.8, 4) is 0 Å². The van der Waals surface area contributed by atoms with Crippen molar-refractivity contribution >= 4 is 22.6 Å². The Balaban J connectivity index is 1.67. The van der Waals surface area contributed by atoms with Crippen molar-refractivity contribution in [1.82, 2.24) is 19.1 Å². The molecule has 0 aliphatic rings. The van der Waals surface area contributed by atoms with Gasteiger partial charge in [-0.25, -0.2) is 9.78 Å². The first kappa shape index (κ1) is 21.9. The highest BCUT2D eigenvalue weighted by molar-refractivity contribution is 5.91. The second-order valence-corrected chi connectivity index (χ2v) is 7.12. The van der Waals surface area contributed by atoms with E-state index in [1.807, 2.05) is 0 Å². The first-order valence-corrected chi connectivity index (χ1v) is 9.68. The molecular weight excluding hydrogens is 439 g/mol. The highest BCUT2D eigenvalue weighted by atomic mass is 19.4. The Hall–Kier alpha value is -4.28. The van der Waals surface area contributed by atoms with Gasteiger partial charge in [-0.15, -0.1) is 0 Å². The number of hydrogen-bond donors (Lipinski definition) is 1. The van der Waals surface area contributed by atoms with E-state index in [0.717, 1.165) is 33.4 Å². The average molecular weight is 455 g/mol. The molecule has 0 saturated heterocycles. The summed E-state index contributed by atoms with van der Waals surface area (Å²) in [4.78, 5) is 46.6. The third-order valence-electron chi connectivity index (χ3n) is 4.85. The number of alkyl halides is 3. The van der Waals surface area contributed by atoms with E-state index < -0.39 is 35.4 Å². The highest BCUT2D eigenvalue weighted by Crippen LogP contribution is 2.29. The fourth-order valence-electron chi connectivity index (χ4n) is 3.30. The summed E-state index contributed by atoms with van der Waals surface area (Å²) in [5.74, 6) is -0.659. The third kappa shape index (κ3) is 4.66. The van der Waals surface area contributed by atoms with E-state index >= 15 is 0 Å². The van der Waals surface area contributed by atoms with Gasteiger partial charge >= 0.3 is 11.9 Å². The minimum atomic E-state index is -4.50. The number of fused-ring (bicyclic) bond motifs is 1. The molecule has 0 spiro atoms. The topological polar surface area (TPSA) is 98.9 Å². The average Bonchev–Trinajstić information content (AvgIpc) is 2.80. The molecule has 4 aromatic rings. The number of nitrogens with zero attached hydrogens (tertiary/aromatic N) is 4. The van der Waals surface area contributed by atoms with E-state index in [1.165, 1.54) is 24.5 Å². The van der Waals surface area contributed by atoms with Crippen LogP contribution in [-0.2, 0) is 24.1 Å². The normalized spacial score (nSPS) is 11.5. The zero-order valence-corrected chi connectivity index (χ0v) is 16.9. The van der Waals surface area contributed by atoms with Crippen molar-refractivity contribution in [2.45, 2.75) is 19.3 Å². The lowest BCUT2D eigenvalue weighted by Gasteiger charge is -2.14. The van der Waals surface area contributed by atoms with E-state index in [1.54, 1.807) is 18.3 Å². The van der Waals surface area contributed by atoms with Crippen molar-refractivity contribution in [2.75, 3.05) is 5.32 Å². The summed E-state index contributed by atoms with van der Waals surface area (Å²) >= 11 is 0. The molecule has 0 saturated carbocycles.